The van der Waals surface area contributed by atoms with Gasteiger partial charge in [-0.2, -0.15) is 0 Å². The Morgan fingerprint density at radius 3 is 2.95 bits per heavy atom. The van der Waals surface area contributed by atoms with E-state index in [4.69, 9.17) is 26.2 Å². The summed E-state index contributed by atoms with van der Waals surface area (Å²) < 4.78 is 10.1. The van der Waals surface area contributed by atoms with Crippen LogP contribution in [0.5, 0.6) is 0 Å². The third-order valence-electron chi connectivity index (χ3n) is 2.31. The first kappa shape index (κ1) is 15.7. The number of anilines is 1. The normalized spacial score (nSPS) is 10.4. The lowest BCUT2D eigenvalue weighted by Gasteiger charge is -2.09. The standard InChI is InChI=1S/C12H17ClN2O4/c1-18-7-8-19-6-2-4-14-11-10(13)9(12(16)17)3-5-15-11/h3,5H,2,4,6-8H2,1H3,(H,14,15)(H,16,17). The number of nitrogens with one attached hydrogen (secondary N) is 1. The van der Waals surface area contributed by atoms with Crippen LogP contribution in [0.15, 0.2) is 12.3 Å². The molecule has 0 saturated carbocycles. The van der Waals surface area contributed by atoms with E-state index in [1.54, 1.807) is 7.11 Å². The number of halogens is 1. The molecule has 19 heavy (non-hydrogen) atoms. The van der Waals surface area contributed by atoms with Gasteiger partial charge in [0.25, 0.3) is 0 Å². The Kier molecular flexibility index (Phi) is 7.17. The highest BCUT2D eigenvalue weighted by Gasteiger charge is 2.12. The van der Waals surface area contributed by atoms with Crippen molar-refractivity contribution in [3.8, 4) is 0 Å². The molecule has 0 aliphatic heterocycles. The number of hydrogen-bond donors (Lipinski definition) is 2. The number of carbonyl (C=O) groups is 1. The SMILES string of the molecule is COCCOCCCNc1nccc(C(=O)O)c1Cl. The number of pyridine rings is 1. The van der Waals surface area contributed by atoms with Gasteiger partial charge in [0.05, 0.1) is 23.8 Å². The van der Waals surface area contributed by atoms with Crippen molar-refractivity contribution >= 4 is 23.4 Å². The summed E-state index contributed by atoms with van der Waals surface area (Å²) in [4.78, 5) is 14.9. The van der Waals surface area contributed by atoms with Crippen LogP contribution >= 0.6 is 11.6 Å². The van der Waals surface area contributed by atoms with Gasteiger partial charge in [0.1, 0.15) is 5.82 Å². The molecule has 0 radical (unpaired) electrons. The number of rotatable bonds is 9. The largest absolute Gasteiger partial charge is 0.478 e. The minimum atomic E-state index is -1.07. The maximum atomic E-state index is 10.9. The molecule has 6 nitrogen and oxygen atoms in total. The van der Waals surface area contributed by atoms with Crippen molar-refractivity contribution in [2.45, 2.75) is 6.42 Å². The summed E-state index contributed by atoms with van der Waals surface area (Å²) >= 11 is 5.93. The molecular weight excluding hydrogens is 272 g/mol. The first-order valence-electron chi connectivity index (χ1n) is 5.85. The van der Waals surface area contributed by atoms with Crippen molar-refractivity contribution in [1.82, 2.24) is 4.98 Å². The summed E-state index contributed by atoms with van der Waals surface area (Å²) in [6.07, 6.45) is 2.17. The van der Waals surface area contributed by atoms with E-state index < -0.39 is 5.97 Å². The van der Waals surface area contributed by atoms with Crippen LogP contribution in [-0.4, -0.2) is 49.5 Å². The molecule has 0 bridgehead atoms. The van der Waals surface area contributed by atoms with Gasteiger partial charge in [-0.25, -0.2) is 9.78 Å². The molecule has 1 aromatic rings. The summed E-state index contributed by atoms with van der Waals surface area (Å²) in [5, 5.41) is 12.0. The highest BCUT2D eigenvalue weighted by atomic mass is 35.5. The Morgan fingerprint density at radius 1 is 1.47 bits per heavy atom. The molecule has 0 saturated heterocycles. The lowest BCUT2D eigenvalue weighted by atomic mass is 10.2. The van der Waals surface area contributed by atoms with Crippen molar-refractivity contribution < 1.29 is 19.4 Å². The number of carboxylic acids is 1. The summed E-state index contributed by atoms with van der Waals surface area (Å²) in [5.74, 6) is -0.697. The second-order valence-corrected chi connectivity index (χ2v) is 4.09. The van der Waals surface area contributed by atoms with E-state index >= 15 is 0 Å². The Hall–Kier alpha value is -1.37. The molecule has 0 unspecified atom stereocenters. The molecule has 1 heterocycles. The fourth-order valence-corrected chi connectivity index (χ4v) is 1.62. The Bertz CT molecular complexity index is 415. The minimum absolute atomic E-state index is 0.0375. The summed E-state index contributed by atoms with van der Waals surface area (Å²) in [5.41, 5.74) is 0.0375. The van der Waals surface area contributed by atoms with Crippen LogP contribution in [0.2, 0.25) is 5.02 Å². The van der Waals surface area contributed by atoms with E-state index in [9.17, 15) is 4.79 Å². The molecule has 106 valence electrons. The van der Waals surface area contributed by atoms with Gasteiger partial charge in [-0.1, -0.05) is 11.6 Å². The second kappa shape index (κ2) is 8.68. The van der Waals surface area contributed by atoms with Crippen molar-refractivity contribution in [2.75, 3.05) is 38.8 Å². The van der Waals surface area contributed by atoms with Crippen LogP contribution in [0, 0.1) is 0 Å². The molecular formula is C12H17ClN2O4. The lowest BCUT2D eigenvalue weighted by molar-refractivity contribution is 0.0696. The molecule has 1 aromatic heterocycles. The van der Waals surface area contributed by atoms with Gasteiger partial charge < -0.3 is 19.9 Å². The molecule has 0 aliphatic carbocycles. The predicted molar refractivity (Wildman–Crippen MR) is 72.0 cm³/mol. The molecule has 0 aliphatic rings. The van der Waals surface area contributed by atoms with E-state index in [1.807, 2.05) is 0 Å². The zero-order chi connectivity index (χ0) is 14.1. The Morgan fingerprint density at radius 2 is 2.26 bits per heavy atom. The average molecular weight is 289 g/mol. The first-order chi connectivity index (χ1) is 9.16. The van der Waals surface area contributed by atoms with Crippen LogP contribution in [0.1, 0.15) is 16.8 Å². The molecule has 0 spiro atoms. The van der Waals surface area contributed by atoms with Crippen molar-refractivity contribution in [3.05, 3.63) is 22.8 Å². The van der Waals surface area contributed by atoms with Crippen LogP contribution in [0.3, 0.4) is 0 Å². The smallest absolute Gasteiger partial charge is 0.337 e. The van der Waals surface area contributed by atoms with Gasteiger partial charge in [0, 0.05) is 26.5 Å². The van der Waals surface area contributed by atoms with Crippen molar-refractivity contribution in [2.24, 2.45) is 0 Å². The van der Waals surface area contributed by atoms with E-state index in [0.717, 1.165) is 6.42 Å². The van der Waals surface area contributed by atoms with Gasteiger partial charge in [-0.3, -0.25) is 0 Å². The van der Waals surface area contributed by atoms with Crippen molar-refractivity contribution in [3.63, 3.8) is 0 Å². The monoisotopic (exact) mass is 288 g/mol. The second-order valence-electron chi connectivity index (χ2n) is 3.71. The maximum absolute atomic E-state index is 10.9. The first-order valence-corrected chi connectivity index (χ1v) is 6.23. The van der Waals surface area contributed by atoms with Gasteiger partial charge in [-0.15, -0.1) is 0 Å². The third-order valence-corrected chi connectivity index (χ3v) is 2.69. The molecule has 0 aromatic carbocycles. The topological polar surface area (TPSA) is 80.7 Å². The van der Waals surface area contributed by atoms with Crippen LogP contribution in [0.25, 0.3) is 0 Å². The number of aromatic carboxylic acids is 1. The highest BCUT2D eigenvalue weighted by Crippen LogP contribution is 2.23. The third kappa shape index (κ3) is 5.42. The molecule has 0 amide bonds. The van der Waals surface area contributed by atoms with Gasteiger partial charge >= 0.3 is 5.97 Å². The zero-order valence-corrected chi connectivity index (χ0v) is 11.4. The fourth-order valence-electron chi connectivity index (χ4n) is 1.36. The van der Waals surface area contributed by atoms with Gasteiger partial charge in [-0.05, 0) is 12.5 Å². The summed E-state index contributed by atoms with van der Waals surface area (Å²) in [6.45, 7) is 2.32. The molecule has 1 rings (SSSR count). The molecule has 2 N–H and O–H groups in total. The van der Waals surface area contributed by atoms with E-state index in [0.29, 0.717) is 32.2 Å². The predicted octanol–water partition coefficient (Wildman–Crippen LogP) is 1.90. The number of aromatic nitrogens is 1. The van der Waals surface area contributed by atoms with Crippen LogP contribution < -0.4 is 5.32 Å². The van der Waals surface area contributed by atoms with E-state index in [1.165, 1.54) is 12.3 Å². The number of hydrogen-bond acceptors (Lipinski definition) is 5. The molecule has 0 fully saturated rings. The van der Waals surface area contributed by atoms with Gasteiger partial charge in [0.15, 0.2) is 0 Å². The zero-order valence-electron chi connectivity index (χ0n) is 10.7. The summed E-state index contributed by atoms with van der Waals surface area (Å²) in [7, 11) is 1.62. The lowest BCUT2D eigenvalue weighted by Crippen LogP contribution is -2.10. The fraction of sp³-hybridized carbons (Fsp3) is 0.500. The van der Waals surface area contributed by atoms with E-state index in [-0.39, 0.29) is 10.6 Å². The maximum Gasteiger partial charge on any atom is 0.337 e. The Balaban J connectivity index is 2.33. The number of ether oxygens (including phenoxy) is 2. The van der Waals surface area contributed by atoms with Gasteiger partial charge in [0.2, 0.25) is 0 Å². The summed E-state index contributed by atoms with van der Waals surface area (Å²) in [6, 6.07) is 1.36. The molecule has 0 atom stereocenters. The number of carboxylic acid groups (broad SMARTS) is 1. The van der Waals surface area contributed by atoms with Crippen LogP contribution in [0.4, 0.5) is 5.82 Å². The number of nitrogens with zero attached hydrogens (tertiary/aromatic N) is 1. The highest BCUT2D eigenvalue weighted by molar-refractivity contribution is 6.35. The van der Waals surface area contributed by atoms with Crippen molar-refractivity contribution in [1.29, 1.82) is 0 Å². The number of methoxy groups -OCH3 is 1. The molecule has 7 heteroatoms. The van der Waals surface area contributed by atoms with Crippen LogP contribution in [-0.2, 0) is 9.47 Å². The quantitative estimate of drug-likeness (QED) is 0.676. The Labute approximate surface area is 116 Å². The minimum Gasteiger partial charge on any atom is -0.478 e. The van der Waals surface area contributed by atoms with E-state index in [2.05, 4.69) is 10.3 Å². The average Bonchev–Trinajstić information content (AvgIpc) is 2.39.